The van der Waals surface area contributed by atoms with E-state index in [1.165, 1.54) is 34.8 Å². The first-order valence-electron chi connectivity index (χ1n) is 17.2. The third-order valence-corrected chi connectivity index (χ3v) is 11.9. The third kappa shape index (κ3) is 7.09. The van der Waals surface area contributed by atoms with E-state index < -0.39 is 23.4 Å². The standard InChI is InChI=1S/C38H40N4O8S2/c1-41(24-7-9-25(10-8-24)50-38(36(46)47,32-4-2-18-51-32)33-5-3-19-52-33)16-17-42-28-13-6-23(20-31(28)49-37(42)48)21-39-22-30(44)26-11-14-29(43)35-27(26)12-15-34(45)40-35/h2-6,11-15,18-20,24-25,30,39,43-44H,7-10,16-17,21-22H2,1H3,(H,40,45)(H,46,47)/t24?,25?,30-/m0/s1. The van der Waals surface area contributed by atoms with Gasteiger partial charge >= 0.3 is 11.7 Å². The molecule has 14 heteroatoms. The van der Waals surface area contributed by atoms with Crippen molar-refractivity contribution in [1.82, 2.24) is 19.8 Å². The van der Waals surface area contributed by atoms with Crippen molar-refractivity contribution in [2.75, 3.05) is 20.1 Å². The van der Waals surface area contributed by atoms with Gasteiger partial charge in [0.1, 0.15) is 5.75 Å². The Balaban J connectivity index is 0.933. The molecule has 4 heterocycles. The highest BCUT2D eigenvalue weighted by molar-refractivity contribution is 7.12. The number of rotatable bonds is 14. The van der Waals surface area contributed by atoms with Crippen molar-refractivity contribution < 1.29 is 29.3 Å². The number of nitrogens with zero attached hydrogens (tertiary/aromatic N) is 2. The zero-order valence-electron chi connectivity index (χ0n) is 28.5. The van der Waals surface area contributed by atoms with Gasteiger partial charge in [-0.3, -0.25) is 9.36 Å². The summed E-state index contributed by atoms with van der Waals surface area (Å²) in [5, 5.41) is 39.0. The molecule has 1 fully saturated rings. The summed E-state index contributed by atoms with van der Waals surface area (Å²) in [6, 6.07) is 19.3. The first kappa shape index (κ1) is 35.8. The van der Waals surface area contributed by atoms with Gasteiger partial charge in [-0.25, -0.2) is 9.59 Å². The van der Waals surface area contributed by atoms with Gasteiger partial charge in [-0.05, 0) is 91.0 Å². The number of aromatic hydroxyl groups is 1. The summed E-state index contributed by atoms with van der Waals surface area (Å²) in [6.45, 7) is 1.71. The number of pyridine rings is 1. The fourth-order valence-electron chi connectivity index (χ4n) is 7.20. The van der Waals surface area contributed by atoms with Crippen molar-refractivity contribution in [3.8, 4) is 5.75 Å². The molecule has 0 bridgehead atoms. The first-order valence-corrected chi connectivity index (χ1v) is 19.0. The van der Waals surface area contributed by atoms with Crippen LogP contribution in [-0.2, 0) is 28.2 Å². The molecule has 1 atom stereocenters. The lowest BCUT2D eigenvalue weighted by Crippen LogP contribution is -2.45. The number of aliphatic carboxylic acids is 1. The zero-order valence-corrected chi connectivity index (χ0v) is 30.1. The molecular weight excluding hydrogens is 705 g/mol. The van der Waals surface area contributed by atoms with Crippen molar-refractivity contribution in [2.45, 2.75) is 62.6 Å². The monoisotopic (exact) mass is 744 g/mol. The number of ether oxygens (including phenoxy) is 1. The quantitative estimate of drug-likeness (QED) is 0.0977. The molecule has 0 radical (unpaired) electrons. The van der Waals surface area contributed by atoms with E-state index in [1.54, 1.807) is 16.7 Å². The number of likely N-dealkylation sites (N-methyl/N-ethyl adjacent to an activating group) is 1. The van der Waals surface area contributed by atoms with Crippen LogP contribution < -0.4 is 16.6 Å². The SMILES string of the molecule is CN(CCn1c(=O)oc2cc(CNC[C@H](O)c3ccc(O)c4[nH]c(=O)ccc34)ccc21)C1CCC(OC(C(=O)O)(c2cccs2)c2cccs2)CC1. The number of carboxylic acid groups (broad SMARTS) is 1. The third-order valence-electron chi connectivity index (χ3n) is 9.99. The maximum absolute atomic E-state index is 12.9. The number of carbonyl (C=O) groups is 1. The van der Waals surface area contributed by atoms with Crippen LogP contribution in [0.2, 0.25) is 0 Å². The molecule has 2 aromatic carbocycles. The predicted molar refractivity (Wildman–Crippen MR) is 200 cm³/mol. The van der Waals surface area contributed by atoms with Crippen LogP contribution in [0.1, 0.15) is 52.7 Å². The van der Waals surface area contributed by atoms with Crippen molar-refractivity contribution in [2.24, 2.45) is 0 Å². The summed E-state index contributed by atoms with van der Waals surface area (Å²) in [5.74, 6) is -1.49. The smallest absolute Gasteiger partial charge is 0.419 e. The Hall–Kier alpha value is -4.57. The summed E-state index contributed by atoms with van der Waals surface area (Å²) in [5.41, 5.74) is 1.06. The number of carboxylic acids is 1. The maximum Gasteiger partial charge on any atom is 0.419 e. The number of thiophene rings is 2. The highest BCUT2D eigenvalue weighted by atomic mass is 32.1. The Morgan fingerprint density at radius 3 is 2.46 bits per heavy atom. The number of hydrogen-bond donors (Lipinski definition) is 5. The Morgan fingerprint density at radius 2 is 1.79 bits per heavy atom. The van der Waals surface area contributed by atoms with Gasteiger partial charge in [0.2, 0.25) is 11.2 Å². The Morgan fingerprint density at radius 1 is 1.06 bits per heavy atom. The second-order valence-electron chi connectivity index (χ2n) is 13.2. The molecule has 0 saturated heterocycles. The van der Waals surface area contributed by atoms with Gasteiger partial charge in [-0.15, -0.1) is 22.7 Å². The fraction of sp³-hybridized carbons (Fsp3) is 0.342. The minimum Gasteiger partial charge on any atom is -0.506 e. The number of phenols is 1. The topological polar surface area (TPSA) is 170 Å². The minimum atomic E-state index is -1.51. The Bertz CT molecular complexity index is 2240. The van der Waals surface area contributed by atoms with Gasteiger partial charge in [0.25, 0.3) is 0 Å². The first-order chi connectivity index (χ1) is 25.1. The van der Waals surface area contributed by atoms with E-state index in [0.29, 0.717) is 51.4 Å². The molecule has 52 heavy (non-hydrogen) atoms. The van der Waals surface area contributed by atoms with E-state index >= 15 is 0 Å². The largest absolute Gasteiger partial charge is 0.506 e. The van der Waals surface area contributed by atoms with Crippen molar-refractivity contribution in [3.63, 3.8) is 0 Å². The summed E-state index contributed by atoms with van der Waals surface area (Å²) in [4.78, 5) is 43.6. The molecule has 272 valence electrons. The summed E-state index contributed by atoms with van der Waals surface area (Å²) >= 11 is 2.79. The number of fused-ring (bicyclic) bond motifs is 2. The van der Waals surface area contributed by atoms with E-state index in [9.17, 15) is 29.7 Å². The van der Waals surface area contributed by atoms with Crippen LogP contribution in [0.25, 0.3) is 22.0 Å². The zero-order chi connectivity index (χ0) is 36.4. The van der Waals surface area contributed by atoms with E-state index in [2.05, 4.69) is 22.2 Å². The number of phenolic OH excluding ortho intramolecular Hbond substituents is 1. The number of hydrogen-bond acceptors (Lipinski definition) is 11. The van der Waals surface area contributed by atoms with E-state index in [0.717, 1.165) is 31.2 Å². The molecule has 6 aromatic rings. The number of nitrogens with one attached hydrogen (secondary N) is 2. The summed E-state index contributed by atoms with van der Waals surface area (Å²) < 4.78 is 13.8. The number of H-pyrrole nitrogens is 1. The minimum absolute atomic E-state index is 0.0661. The number of aromatic amines is 1. The number of oxazole rings is 1. The second-order valence-corrected chi connectivity index (χ2v) is 15.1. The molecular formula is C38H40N4O8S2. The molecule has 7 rings (SSSR count). The maximum atomic E-state index is 12.9. The number of benzene rings is 2. The Labute approximate surface area is 306 Å². The second kappa shape index (κ2) is 15.2. The Kier molecular flexibility index (Phi) is 10.5. The summed E-state index contributed by atoms with van der Waals surface area (Å²) in [7, 11) is 2.05. The molecule has 0 unspecified atom stereocenters. The summed E-state index contributed by atoms with van der Waals surface area (Å²) in [6.07, 6.45) is 2.07. The molecule has 1 aliphatic carbocycles. The van der Waals surface area contributed by atoms with E-state index in [-0.39, 0.29) is 35.5 Å². The van der Waals surface area contributed by atoms with Gasteiger partial charge in [-0.1, -0.05) is 24.3 Å². The fourth-order valence-corrected chi connectivity index (χ4v) is 9.00. The van der Waals surface area contributed by atoms with E-state index in [1.807, 2.05) is 53.2 Å². The van der Waals surface area contributed by atoms with Crippen molar-refractivity contribution in [1.29, 1.82) is 0 Å². The lowest BCUT2D eigenvalue weighted by atomic mass is 9.90. The highest BCUT2D eigenvalue weighted by Crippen LogP contribution is 2.42. The molecule has 0 spiro atoms. The van der Waals surface area contributed by atoms with Crippen LogP contribution in [0, 0.1) is 0 Å². The normalized spacial score (nSPS) is 17.3. The highest BCUT2D eigenvalue weighted by Gasteiger charge is 2.48. The van der Waals surface area contributed by atoms with Crippen LogP contribution in [-0.4, -0.2) is 68.0 Å². The molecule has 1 saturated carbocycles. The van der Waals surface area contributed by atoms with Crippen molar-refractivity contribution in [3.05, 3.63) is 119 Å². The van der Waals surface area contributed by atoms with Crippen LogP contribution in [0.5, 0.6) is 5.75 Å². The molecule has 0 amide bonds. The number of aliphatic hydroxyl groups excluding tert-OH is 1. The molecule has 12 nitrogen and oxygen atoms in total. The van der Waals surface area contributed by atoms with Crippen LogP contribution in [0.15, 0.2) is 91.5 Å². The van der Waals surface area contributed by atoms with Gasteiger partial charge in [-0.2, -0.15) is 0 Å². The number of aromatic nitrogens is 2. The van der Waals surface area contributed by atoms with Crippen LogP contribution >= 0.6 is 22.7 Å². The van der Waals surface area contributed by atoms with Gasteiger partial charge in [0, 0.05) is 43.7 Å². The lowest BCUT2D eigenvalue weighted by molar-refractivity contribution is -0.170. The average molecular weight is 745 g/mol. The van der Waals surface area contributed by atoms with Crippen LogP contribution in [0.4, 0.5) is 0 Å². The molecule has 0 aliphatic heterocycles. The number of aliphatic hydroxyl groups is 1. The van der Waals surface area contributed by atoms with Crippen molar-refractivity contribution >= 4 is 50.6 Å². The van der Waals surface area contributed by atoms with E-state index in [4.69, 9.17) is 9.15 Å². The van der Waals surface area contributed by atoms with Gasteiger partial charge in [0.05, 0.1) is 33.0 Å². The van der Waals surface area contributed by atoms with Gasteiger partial charge < -0.3 is 39.7 Å². The van der Waals surface area contributed by atoms with Crippen LogP contribution in [0.3, 0.4) is 0 Å². The molecule has 4 aromatic heterocycles. The average Bonchev–Trinajstić information content (AvgIpc) is 3.93. The molecule has 5 N–H and O–H groups in total. The predicted octanol–water partition coefficient (Wildman–Crippen LogP) is 5.38. The molecule has 1 aliphatic rings. The van der Waals surface area contributed by atoms with Gasteiger partial charge in [0.15, 0.2) is 5.58 Å². The lowest BCUT2D eigenvalue weighted by Gasteiger charge is -2.38.